The Labute approximate surface area is 202 Å². The molecular formula is C26H18ClIrN4. The van der Waals surface area contributed by atoms with Crippen LogP contribution in [0.3, 0.4) is 0 Å². The smallest absolute Gasteiger partial charge is 0.0183 e. The molecule has 5 rings (SSSR count). The minimum atomic E-state index is 0.864. The van der Waals surface area contributed by atoms with Gasteiger partial charge in [0.2, 0.25) is 0 Å². The van der Waals surface area contributed by atoms with E-state index >= 15 is 0 Å². The Morgan fingerprint density at radius 1 is 0.562 bits per heavy atom. The van der Waals surface area contributed by atoms with E-state index in [0.29, 0.717) is 0 Å². The summed E-state index contributed by atoms with van der Waals surface area (Å²) in [6.07, 6.45) is 8.83. The van der Waals surface area contributed by atoms with E-state index in [4.69, 9.17) is 0 Å². The summed E-state index contributed by atoms with van der Waals surface area (Å²) < 4.78 is 0. The van der Waals surface area contributed by atoms with Crippen LogP contribution in [-0.4, -0.2) is 19.9 Å². The van der Waals surface area contributed by atoms with E-state index < -0.39 is 0 Å². The number of hydrogen-bond donors (Lipinski definition) is 0. The Kier molecular flexibility index (Phi) is 9.69. The number of hydrogen-bond acceptors (Lipinski definition) is 4. The molecule has 4 nitrogen and oxygen atoms in total. The van der Waals surface area contributed by atoms with E-state index in [0.717, 1.165) is 33.8 Å². The maximum Gasteiger partial charge on any atom is 0.0183 e. The van der Waals surface area contributed by atoms with E-state index in [2.05, 4.69) is 41.7 Å². The number of nitrogens with zero attached hydrogens (tertiary/aromatic N) is 4. The van der Waals surface area contributed by atoms with Crippen LogP contribution in [0.1, 0.15) is 0 Å². The maximum absolute atomic E-state index is 4.64. The van der Waals surface area contributed by atoms with Crippen LogP contribution in [0, 0.1) is 12.1 Å². The molecule has 0 atom stereocenters. The van der Waals surface area contributed by atoms with Crippen LogP contribution in [0.15, 0.2) is 110 Å². The third-order valence-electron chi connectivity index (χ3n) is 4.21. The number of pyridine rings is 4. The van der Waals surface area contributed by atoms with Gasteiger partial charge in [-0.25, -0.2) is 0 Å². The molecule has 0 N–H and O–H groups in total. The van der Waals surface area contributed by atoms with Crippen LogP contribution in [0.25, 0.3) is 33.8 Å². The molecule has 4 heterocycles. The van der Waals surface area contributed by atoms with Gasteiger partial charge < -0.3 is 9.97 Å². The van der Waals surface area contributed by atoms with Gasteiger partial charge in [0.05, 0.1) is 0 Å². The quantitative estimate of drug-likeness (QED) is 0.226. The Hall–Kier alpha value is -3.24. The molecule has 0 amide bonds. The first-order chi connectivity index (χ1) is 15.9. The number of rotatable bonds is 3. The molecule has 32 heavy (non-hydrogen) atoms. The van der Waals surface area contributed by atoms with Crippen LogP contribution in [0.5, 0.6) is 0 Å². The molecule has 0 fully saturated rings. The Balaban J connectivity index is 0.000000180. The fourth-order valence-corrected chi connectivity index (χ4v) is 2.78. The fourth-order valence-electron chi connectivity index (χ4n) is 2.78. The van der Waals surface area contributed by atoms with E-state index in [-0.39, 0.29) is 0 Å². The molecule has 6 heteroatoms. The SMILES string of the molecule is [Cl][Ir+2].[c-]1c(-c2ccccn2)cncc1-c1ccccn1.[c-]1ccccc1-c1ccccn1. The minimum absolute atomic E-state index is 0.864. The van der Waals surface area contributed by atoms with Gasteiger partial charge in [0.15, 0.2) is 0 Å². The summed E-state index contributed by atoms with van der Waals surface area (Å²) in [4.78, 5) is 17.0. The monoisotopic (exact) mass is 614 g/mol. The predicted octanol–water partition coefficient (Wildman–Crippen LogP) is 6.24. The van der Waals surface area contributed by atoms with Crippen molar-refractivity contribution in [2.24, 2.45) is 0 Å². The molecule has 4 aromatic heterocycles. The van der Waals surface area contributed by atoms with Crippen molar-refractivity contribution >= 4 is 9.58 Å². The molecule has 0 saturated carbocycles. The van der Waals surface area contributed by atoms with Crippen LogP contribution in [0.4, 0.5) is 0 Å². The normalized spacial score (nSPS) is 9.56. The summed E-state index contributed by atoms with van der Waals surface area (Å²) in [6, 6.07) is 31.7. The molecule has 0 aliphatic heterocycles. The third kappa shape index (κ3) is 6.89. The van der Waals surface area contributed by atoms with Gasteiger partial charge in [-0.2, -0.15) is 0 Å². The first kappa shape index (κ1) is 23.4. The Morgan fingerprint density at radius 3 is 1.44 bits per heavy atom. The van der Waals surface area contributed by atoms with Crippen LogP contribution < -0.4 is 0 Å². The van der Waals surface area contributed by atoms with E-state index in [1.54, 1.807) is 31.0 Å². The van der Waals surface area contributed by atoms with Gasteiger partial charge >= 0.3 is 27.5 Å². The molecule has 158 valence electrons. The topological polar surface area (TPSA) is 51.6 Å². The molecule has 0 radical (unpaired) electrons. The molecule has 0 bridgehead atoms. The second-order valence-electron chi connectivity index (χ2n) is 6.28. The molecule has 0 spiro atoms. The average Bonchev–Trinajstić information content (AvgIpc) is 2.92. The van der Waals surface area contributed by atoms with Crippen LogP contribution in [-0.2, 0) is 17.9 Å². The molecule has 0 saturated heterocycles. The molecular weight excluding hydrogens is 596 g/mol. The van der Waals surface area contributed by atoms with E-state index in [1.165, 1.54) is 17.9 Å². The van der Waals surface area contributed by atoms with Gasteiger partial charge in [0.1, 0.15) is 0 Å². The molecule has 0 aliphatic carbocycles. The standard InChI is InChI=1S/C15H10N3.C11H8N.ClH.Ir/c1-3-7-17-14(5-1)12-9-13(11-16-10-12)15-6-2-4-8-18-15;1-2-6-10(7-3-1)11-8-4-5-9-12-11;;/h1-8,10-11H;1-6,8-9H;1H;/q2*-1;;+3/p-1. The number of aromatic nitrogens is 4. The molecule has 5 aromatic rings. The second-order valence-corrected chi connectivity index (χ2v) is 6.28. The van der Waals surface area contributed by atoms with Gasteiger partial charge in [0.25, 0.3) is 0 Å². The number of benzene rings is 1. The van der Waals surface area contributed by atoms with Crippen molar-refractivity contribution in [2.75, 3.05) is 0 Å². The summed E-state index contributed by atoms with van der Waals surface area (Å²) in [7, 11) is 4.64. The van der Waals surface area contributed by atoms with E-state index in [9.17, 15) is 0 Å². The molecule has 0 unspecified atom stereocenters. The number of halogens is 1. The first-order valence-electron chi connectivity index (χ1n) is 9.61. The van der Waals surface area contributed by atoms with Gasteiger partial charge in [-0.05, 0) is 36.3 Å². The van der Waals surface area contributed by atoms with Gasteiger partial charge in [-0.3, -0.25) is 9.97 Å². The van der Waals surface area contributed by atoms with Crippen molar-refractivity contribution in [3.05, 3.63) is 122 Å². The second kappa shape index (κ2) is 13.2. The van der Waals surface area contributed by atoms with E-state index in [1.807, 2.05) is 78.9 Å². The summed E-state index contributed by atoms with van der Waals surface area (Å²) in [5, 5.41) is 0. The van der Waals surface area contributed by atoms with Crippen LogP contribution >= 0.6 is 9.58 Å². The van der Waals surface area contributed by atoms with Gasteiger partial charge in [-0.15, -0.1) is 42.0 Å². The Morgan fingerprint density at radius 2 is 1.03 bits per heavy atom. The zero-order valence-corrected chi connectivity index (χ0v) is 20.0. The molecule has 1 aromatic carbocycles. The third-order valence-corrected chi connectivity index (χ3v) is 4.21. The minimum Gasteiger partial charge on any atom is -0.341 e. The summed E-state index contributed by atoms with van der Waals surface area (Å²) in [5.74, 6) is 0. The Bertz CT molecular complexity index is 1080. The summed E-state index contributed by atoms with van der Waals surface area (Å²) >= 11 is 1.47. The first-order valence-corrected chi connectivity index (χ1v) is 12.6. The fraction of sp³-hybridized carbons (Fsp3) is 0. The maximum atomic E-state index is 4.64. The van der Waals surface area contributed by atoms with Gasteiger partial charge in [0, 0.05) is 30.0 Å². The average molecular weight is 614 g/mol. The van der Waals surface area contributed by atoms with Crippen LogP contribution in [0.2, 0.25) is 0 Å². The zero-order chi connectivity index (χ0) is 22.4. The van der Waals surface area contributed by atoms with Crippen molar-refractivity contribution in [2.45, 2.75) is 0 Å². The molecule has 0 aliphatic rings. The summed E-state index contributed by atoms with van der Waals surface area (Å²) in [6.45, 7) is 0. The van der Waals surface area contributed by atoms with Crippen molar-refractivity contribution in [1.82, 2.24) is 19.9 Å². The zero-order valence-electron chi connectivity index (χ0n) is 16.9. The predicted molar refractivity (Wildman–Crippen MR) is 124 cm³/mol. The van der Waals surface area contributed by atoms with Crippen molar-refractivity contribution < 1.29 is 17.9 Å². The largest absolute Gasteiger partial charge is 0.341 e. The van der Waals surface area contributed by atoms with Crippen molar-refractivity contribution in [3.63, 3.8) is 0 Å². The summed E-state index contributed by atoms with van der Waals surface area (Å²) in [5.41, 5.74) is 5.49. The van der Waals surface area contributed by atoms with Crippen molar-refractivity contribution in [3.8, 4) is 33.8 Å². The van der Waals surface area contributed by atoms with Gasteiger partial charge in [-0.1, -0.05) is 47.5 Å². The van der Waals surface area contributed by atoms with Crippen molar-refractivity contribution in [1.29, 1.82) is 0 Å².